The normalized spacial score (nSPS) is 10.7. The standard InChI is InChI=1S/C29H25N7O.2ClH/c1-18-10-11-22(15-30-18)21-12-13-35-26(16-31-27(35)14-21)29(37)33-24-8-5-9-25-28(24)20(3)34-36(25)17-23-7-4-6-19(2)32-23;;/h4-16H,17H2,1-3H3,(H,33,37);2*1H. The zero-order valence-corrected chi connectivity index (χ0v) is 23.3. The number of nitrogens with one attached hydrogen (secondary N) is 1. The summed E-state index contributed by atoms with van der Waals surface area (Å²) in [5.41, 5.74) is 8.50. The van der Waals surface area contributed by atoms with Gasteiger partial charge in [-0.1, -0.05) is 18.2 Å². The van der Waals surface area contributed by atoms with Crippen LogP contribution >= 0.6 is 24.8 Å². The van der Waals surface area contributed by atoms with Gasteiger partial charge in [0.2, 0.25) is 0 Å². The van der Waals surface area contributed by atoms with Gasteiger partial charge >= 0.3 is 0 Å². The second-order valence-electron chi connectivity index (χ2n) is 9.14. The Balaban J connectivity index is 0.00000176. The Morgan fingerprint density at radius 3 is 2.46 bits per heavy atom. The minimum Gasteiger partial charge on any atom is -0.320 e. The Kier molecular flexibility index (Phi) is 7.99. The number of aromatic nitrogens is 6. The Bertz CT molecular complexity index is 1790. The van der Waals surface area contributed by atoms with E-state index in [0.717, 1.165) is 44.8 Å². The van der Waals surface area contributed by atoms with Crippen molar-refractivity contribution >= 4 is 53.0 Å². The van der Waals surface area contributed by atoms with Crippen LogP contribution in [0.2, 0.25) is 0 Å². The molecular formula is C29H27Cl2N7O. The average molecular weight is 560 g/mol. The first-order chi connectivity index (χ1) is 18.0. The predicted molar refractivity (Wildman–Crippen MR) is 158 cm³/mol. The summed E-state index contributed by atoms with van der Waals surface area (Å²) < 4.78 is 3.72. The minimum atomic E-state index is -0.239. The SMILES string of the molecule is Cc1ccc(-c2ccn3c(C(=O)Nc4cccc5c4c(C)nn5Cc4cccc(C)n4)cnc3c2)cn1.Cl.Cl. The van der Waals surface area contributed by atoms with E-state index in [4.69, 9.17) is 5.10 Å². The molecule has 8 nitrogen and oxygen atoms in total. The molecule has 5 aromatic heterocycles. The maximum Gasteiger partial charge on any atom is 0.274 e. The minimum absolute atomic E-state index is 0. The largest absolute Gasteiger partial charge is 0.320 e. The molecule has 6 rings (SSSR count). The van der Waals surface area contributed by atoms with E-state index in [9.17, 15) is 4.79 Å². The highest BCUT2D eigenvalue weighted by Crippen LogP contribution is 2.28. The van der Waals surface area contributed by atoms with E-state index in [2.05, 4.69) is 20.3 Å². The second kappa shape index (κ2) is 11.2. The molecule has 0 spiro atoms. The number of pyridine rings is 3. The lowest BCUT2D eigenvalue weighted by Gasteiger charge is -2.09. The molecule has 0 aliphatic carbocycles. The summed E-state index contributed by atoms with van der Waals surface area (Å²) in [6.45, 7) is 6.44. The first kappa shape index (κ1) is 27.8. The van der Waals surface area contributed by atoms with Crippen LogP contribution in [0.4, 0.5) is 5.69 Å². The number of fused-ring (bicyclic) bond motifs is 2. The van der Waals surface area contributed by atoms with Crippen molar-refractivity contribution < 1.29 is 4.79 Å². The third kappa shape index (κ3) is 5.34. The number of hydrogen-bond acceptors (Lipinski definition) is 5. The zero-order chi connectivity index (χ0) is 25.5. The van der Waals surface area contributed by atoms with Crippen molar-refractivity contribution in [2.75, 3.05) is 5.32 Å². The zero-order valence-electron chi connectivity index (χ0n) is 21.6. The van der Waals surface area contributed by atoms with Gasteiger partial charge in [0.1, 0.15) is 11.3 Å². The van der Waals surface area contributed by atoms with Crippen molar-refractivity contribution in [1.29, 1.82) is 0 Å². The predicted octanol–water partition coefficient (Wildman–Crippen LogP) is 6.21. The van der Waals surface area contributed by atoms with Crippen molar-refractivity contribution in [2.24, 2.45) is 0 Å². The lowest BCUT2D eigenvalue weighted by molar-refractivity contribution is 0.102. The molecule has 0 aliphatic heterocycles. The van der Waals surface area contributed by atoms with E-state index in [1.807, 2.05) is 98.5 Å². The summed E-state index contributed by atoms with van der Waals surface area (Å²) in [4.78, 5) is 26.8. The highest BCUT2D eigenvalue weighted by atomic mass is 35.5. The van der Waals surface area contributed by atoms with Gasteiger partial charge in [0.15, 0.2) is 0 Å². The fourth-order valence-electron chi connectivity index (χ4n) is 4.64. The summed E-state index contributed by atoms with van der Waals surface area (Å²) in [6.07, 6.45) is 5.31. The van der Waals surface area contributed by atoms with E-state index in [1.54, 1.807) is 10.6 Å². The molecule has 0 saturated carbocycles. The molecule has 0 aliphatic rings. The fourth-order valence-corrected chi connectivity index (χ4v) is 4.64. The Labute approximate surface area is 238 Å². The maximum absolute atomic E-state index is 13.4. The van der Waals surface area contributed by atoms with Gasteiger partial charge in [0, 0.05) is 34.7 Å². The van der Waals surface area contributed by atoms with Gasteiger partial charge in [-0.15, -0.1) is 24.8 Å². The monoisotopic (exact) mass is 559 g/mol. The quantitative estimate of drug-likeness (QED) is 0.271. The first-order valence-electron chi connectivity index (χ1n) is 12.1. The topological polar surface area (TPSA) is 90.0 Å². The van der Waals surface area contributed by atoms with Crippen molar-refractivity contribution in [3.05, 3.63) is 108 Å². The van der Waals surface area contributed by atoms with Crippen molar-refractivity contribution in [1.82, 2.24) is 29.1 Å². The van der Waals surface area contributed by atoms with Crippen LogP contribution in [0, 0.1) is 20.8 Å². The molecule has 198 valence electrons. The van der Waals surface area contributed by atoms with E-state index in [0.29, 0.717) is 23.6 Å². The third-order valence-electron chi connectivity index (χ3n) is 6.45. The van der Waals surface area contributed by atoms with Crippen LogP contribution in [0.5, 0.6) is 0 Å². The Hall–Kier alpha value is -4.27. The smallest absolute Gasteiger partial charge is 0.274 e. The molecule has 5 heterocycles. The van der Waals surface area contributed by atoms with Crippen LogP contribution in [0.25, 0.3) is 27.7 Å². The highest BCUT2D eigenvalue weighted by molar-refractivity contribution is 6.08. The van der Waals surface area contributed by atoms with Gasteiger partial charge in [0.25, 0.3) is 5.91 Å². The number of carbonyl (C=O) groups is 1. The highest BCUT2D eigenvalue weighted by Gasteiger charge is 2.17. The molecule has 0 atom stereocenters. The van der Waals surface area contributed by atoms with Crippen LogP contribution in [0.3, 0.4) is 0 Å². The molecule has 1 amide bonds. The summed E-state index contributed by atoms with van der Waals surface area (Å²) in [5.74, 6) is -0.239. The average Bonchev–Trinajstić information content (AvgIpc) is 3.45. The molecule has 39 heavy (non-hydrogen) atoms. The molecule has 10 heteroatoms. The molecular weight excluding hydrogens is 533 g/mol. The van der Waals surface area contributed by atoms with Crippen molar-refractivity contribution in [2.45, 2.75) is 27.3 Å². The number of rotatable bonds is 5. The number of halogens is 2. The number of imidazole rings is 1. The third-order valence-corrected chi connectivity index (χ3v) is 6.45. The summed E-state index contributed by atoms with van der Waals surface area (Å²) in [7, 11) is 0. The lowest BCUT2D eigenvalue weighted by atomic mass is 10.1. The number of hydrogen-bond donors (Lipinski definition) is 1. The van der Waals surface area contributed by atoms with Crippen molar-refractivity contribution in [3.63, 3.8) is 0 Å². The van der Waals surface area contributed by atoms with Crippen LogP contribution in [0.15, 0.2) is 79.3 Å². The summed E-state index contributed by atoms with van der Waals surface area (Å²) in [6, 6.07) is 19.7. The van der Waals surface area contributed by atoms with Gasteiger partial charge in [-0.2, -0.15) is 5.10 Å². The van der Waals surface area contributed by atoms with E-state index in [1.165, 1.54) is 0 Å². The Morgan fingerprint density at radius 2 is 1.69 bits per heavy atom. The maximum atomic E-state index is 13.4. The molecule has 0 saturated heterocycles. The number of nitrogens with zero attached hydrogens (tertiary/aromatic N) is 6. The van der Waals surface area contributed by atoms with E-state index < -0.39 is 0 Å². The molecule has 6 aromatic rings. The van der Waals surface area contributed by atoms with Crippen LogP contribution < -0.4 is 5.32 Å². The van der Waals surface area contributed by atoms with E-state index in [-0.39, 0.29) is 30.7 Å². The van der Waals surface area contributed by atoms with Crippen LogP contribution in [-0.4, -0.2) is 35.0 Å². The van der Waals surface area contributed by atoms with Gasteiger partial charge in [-0.3, -0.25) is 23.8 Å². The molecule has 1 N–H and O–H groups in total. The second-order valence-corrected chi connectivity index (χ2v) is 9.14. The fraction of sp³-hybridized carbons (Fsp3) is 0.138. The number of amides is 1. The van der Waals surface area contributed by atoms with Gasteiger partial charge in [-0.25, -0.2) is 4.98 Å². The summed E-state index contributed by atoms with van der Waals surface area (Å²) >= 11 is 0. The van der Waals surface area contributed by atoms with Crippen molar-refractivity contribution in [3.8, 4) is 11.1 Å². The van der Waals surface area contributed by atoms with E-state index >= 15 is 0 Å². The lowest BCUT2D eigenvalue weighted by Crippen LogP contribution is -2.14. The van der Waals surface area contributed by atoms with Crippen LogP contribution in [0.1, 0.15) is 33.3 Å². The summed E-state index contributed by atoms with van der Waals surface area (Å²) in [5, 5.41) is 8.73. The molecule has 1 aromatic carbocycles. The number of anilines is 1. The molecule has 0 fully saturated rings. The molecule has 0 bridgehead atoms. The van der Waals surface area contributed by atoms with Crippen LogP contribution in [-0.2, 0) is 6.54 Å². The Morgan fingerprint density at radius 1 is 0.872 bits per heavy atom. The first-order valence-corrected chi connectivity index (χ1v) is 12.1. The molecule has 0 radical (unpaired) electrons. The number of carbonyl (C=O) groups excluding carboxylic acids is 1. The van der Waals surface area contributed by atoms with Gasteiger partial charge in [-0.05, 0) is 68.8 Å². The molecule has 0 unspecified atom stereocenters. The number of aryl methyl sites for hydroxylation is 3. The van der Waals surface area contributed by atoms with Gasteiger partial charge < -0.3 is 5.32 Å². The number of benzene rings is 1. The van der Waals surface area contributed by atoms with Gasteiger partial charge in [0.05, 0.1) is 35.3 Å².